The largest absolute Gasteiger partial charge is 0.506 e. The van der Waals surface area contributed by atoms with E-state index in [2.05, 4.69) is 54.9 Å². The van der Waals surface area contributed by atoms with E-state index in [1.165, 1.54) is 17.2 Å². The Kier molecular flexibility index (Phi) is 5.54. The van der Waals surface area contributed by atoms with Crippen LogP contribution in [-0.4, -0.2) is 64.3 Å². The molecule has 2 atom stereocenters. The molecule has 0 bridgehead atoms. The third-order valence-electron chi connectivity index (χ3n) is 6.71. The van der Waals surface area contributed by atoms with E-state index < -0.39 is 11.6 Å². The lowest BCUT2D eigenvalue weighted by Gasteiger charge is -2.47. The van der Waals surface area contributed by atoms with Crippen LogP contribution in [-0.2, 0) is 0 Å². The molecule has 0 unspecified atom stereocenters. The zero-order chi connectivity index (χ0) is 24.0. The lowest BCUT2D eigenvalue weighted by Crippen LogP contribution is -2.55. The molecule has 0 aliphatic carbocycles. The zero-order valence-corrected chi connectivity index (χ0v) is 19.3. The number of phenols is 1. The van der Waals surface area contributed by atoms with Crippen molar-refractivity contribution in [2.45, 2.75) is 64.1 Å². The lowest BCUT2D eigenvalue weighted by molar-refractivity contribution is 0.0500. The molecule has 12 heteroatoms. The van der Waals surface area contributed by atoms with Crippen LogP contribution < -0.4 is 10.6 Å². The predicted molar refractivity (Wildman–Crippen MR) is 121 cm³/mol. The number of hydrogen-bond donors (Lipinski definition) is 3. The summed E-state index contributed by atoms with van der Waals surface area (Å²) in [6.45, 7) is 7.19. The smallest absolute Gasteiger partial charge is 0.229 e. The van der Waals surface area contributed by atoms with Crippen molar-refractivity contribution in [3.05, 3.63) is 35.8 Å². The number of aromatic hydroxyl groups is 1. The molecule has 2 aromatic heterocycles. The summed E-state index contributed by atoms with van der Waals surface area (Å²) in [5, 5.41) is 27.3. The molecule has 34 heavy (non-hydrogen) atoms. The normalized spacial score (nSPS) is 21.9. The number of phenolic OH excluding ortho intramolecular Hbond substituents is 1. The minimum Gasteiger partial charge on any atom is -0.506 e. The second kappa shape index (κ2) is 8.42. The first-order chi connectivity index (χ1) is 16.2. The minimum absolute atomic E-state index is 0.0133. The Hall–Kier alpha value is -3.41. The Balaban J connectivity index is 1.38. The summed E-state index contributed by atoms with van der Waals surface area (Å²) in [7, 11) is 0. The summed E-state index contributed by atoms with van der Waals surface area (Å²) in [6, 6.07) is 2.82. The van der Waals surface area contributed by atoms with Crippen LogP contribution in [0, 0.1) is 18.6 Å². The predicted octanol–water partition coefficient (Wildman–Crippen LogP) is 3.31. The van der Waals surface area contributed by atoms with Gasteiger partial charge in [0.2, 0.25) is 5.95 Å². The molecule has 3 aromatic rings. The van der Waals surface area contributed by atoms with E-state index in [-0.39, 0.29) is 40.5 Å². The van der Waals surface area contributed by atoms with E-state index in [0.717, 1.165) is 38.1 Å². The van der Waals surface area contributed by atoms with Crippen molar-refractivity contribution in [2.24, 2.45) is 0 Å². The van der Waals surface area contributed by atoms with E-state index in [4.69, 9.17) is 0 Å². The number of anilines is 3. The number of nitrogens with one attached hydrogen (secondary N) is 2. The molecule has 0 saturated carbocycles. The standard InChI is InChI=1S/C22H27F2N9O/c1-12-29-30-31-33(12)18-9-17(15(23)8-19(18)34)27-21-25-11-16(24)20(28-21)26-13-7-14-5-4-6-32(14)22(2,3)10-13/h8-9,11,13-14,34H,4-7,10H2,1-3H3,(H2,25,26,27,28)/t13-,14-/m1/s1. The number of rotatable bonds is 5. The highest BCUT2D eigenvalue weighted by atomic mass is 19.1. The van der Waals surface area contributed by atoms with Crippen molar-refractivity contribution >= 4 is 17.5 Å². The quantitative estimate of drug-likeness (QED) is 0.482. The molecule has 0 radical (unpaired) electrons. The van der Waals surface area contributed by atoms with Crippen LogP contribution in [0.4, 0.5) is 26.2 Å². The van der Waals surface area contributed by atoms with Gasteiger partial charge in [-0.2, -0.15) is 9.67 Å². The molecular weight excluding hydrogens is 444 g/mol. The molecular formula is C22H27F2N9O. The molecule has 4 heterocycles. The van der Waals surface area contributed by atoms with E-state index >= 15 is 0 Å². The SMILES string of the molecule is Cc1nnnn1-c1cc(Nc2ncc(F)c(N[C@@H]3C[C@H]4CCCN4C(C)(C)C3)n2)c(F)cc1O. The van der Waals surface area contributed by atoms with Crippen molar-refractivity contribution in [2.75, 3.05) is 17.2 Å². The Morgan fingerprint density at radius 2 is 2.03 bits per heavy atom. The van der Waals surface area contributed by atoms with Crippen molar-refractivity contribution in [3.63, 3.8) is 0 Å². The molecule has 0 spiro atoms. The van der Waals surface area contributed by atoms with Gasteiger partial charge in [-0.1, -0.05) is 0 Å². The van der Waals surface area contributed by atoms with Crippen LogP contribution in [0.25, 0.3) is 5.69 Å². The van der Waals surface area contributed by atoms with E-state index in [1.54, 1.807) is 6.92 Å². The fourth-order valence-corrected chi connectivity index (χ4v) is 5.23. The zero-order valence-electron chi connectivity index (χ0n) is 19.3. The second-order valence-corrected chi connectivity index (χ2v) is 9.56. The Morgan fingerprint density at radius 1 is 1.21 bits per heavy atom. The van der Waals surface area contributed by atoms with Gasteiger partial charge in [0.25, 0.3) is 0 Å². The number of benzene rings is 1. The number of nitrogens with zero attached hydrogens (tertiary/aromatic N) is 7. The van der Waals surface area contributed by atoms with Gasteiger partial charge in [0.05, 0.1) is 11.9 Å². The number of aromatic nitrogens is 6. The van der Waals surface area contributed by atoms with Crippen LogP contribution in [0.2, 0.25) is 0 Å². The van der Waals surface area contributed by atoms with Gasteiger partial charge >= 0.3 is 0 Å². The van der Waals surface area contributed by atoms with E-state index in [9.17, 15) is 13.9 Å². The van der Waals surface area contributed by atoms with Gasteiger partial charge in [-0.3, -0.25) is 4.90 Å². The molecule has 2 fully saturated rings. The number of halogens is 2. The average Bonchev–Trinajstić information content (AvgIpc) is 3.41. The number of piperidine rings is 1. The summed E-state index contributed by atoms with van der Waals surface area (Å²) in [6.07, 6.45) is 5.15. The highest BCUT2D eigenvalue weighted by molar-refractivity contribution is 5.63. The first kappa shape index (κ1) is 22.4. The molecule has 10 nitrogen and oxygen atoms in total. The molecule has 5 rings (SSSR count). The minimum atomic E-state index is -0.732. The third kappa shape index (κ3) is 4.13. The molecule has 1 aromatic carbocycles. The average molecular weight is 472 g/mol. The molecule has 2 aliphatic heterocycles. The number of tetrazole rings is 1. The van der Waals surface area contributed by atoms with Gasteiger partial charge in [-0.05, 0) is 69.5 Å². The number of aryl methyl sites for hydroxylation is 1. The summed E-state index contributed by atoms with van der Waals surface area (Å²) in [5.74, 6) is -1.14. The maximum atomic E-state index is 14.6. The first-order valence-electron chi connectivity index (χ1n) is 11.3. The monoisotopic (exact) mass is 471 g/mol. The third-order valence-corrected chi connectivity index (χ3v) is 6.71. The van der Waals surface area contributed by atoms with Crippen molar-refractivity contribution < 1.29 is 13.9 Å². The van der Waals surface area contributed by atoms with Crippen LogP contribution in [0.3, 0.4) is 0 Å². The molecule has 2 saturated heterocycles. The van der Waals surface area contributed by atoms with Gasteiger partial charge in [0.15, 0.2) is 23.3 Å². The number of fused-ring (bicyclic) bond motifs is 1. The van der Waals surface area contributed by atoms with Crippen LogP contribution in [0.15, 0.2) is 18.3 Å². The Labute approximate surface area is 195 Å². The number of hydrogen-bond acceptors (Lipinski definition) is 9. The summed E-state index contributed by atoms with van der Waals surface area (Å²) in [4.78, 5) is 10.8. The second-order valence-electron chi connectivity index (χ2n) is 9.56. The summed E-state index contributed by atoms with van der Waals surface area (Å²) >= 11 is 0. The molecule has 3 N–H and O–H groups in total. The topological polar surface area (TPSA) is 117 Å². The van der Waals surface area contributed by atoms with Gasteiger partial charge < -0.3 is 15.7 Å². The van der Waals surface area contributed by atoms with Gasteiger partial charge in [-0.15, -0.1) is 5.10 Å². The molecule has 0 amide bonds. The maximum Gasteiger partial charge on any atom is 0.229 e. The van der Waals surface area contributed by atoms with Crippen LogP contribution in [0.1, 0.15) is 45.4 Å². The van der Waals surface area contributed by atoms with Crippen molar-refractivity contribution in [3.8, 4) is 11.4 Å². The fourth-order valence-electron chi connectivity index (χ4n) is 5.23. The Bertz CT molecular complexity index is 1220. The van der Waals surface area contributed by atoms with Crippen LogP contribution >= 0.6 is 0 Å². The Morgan fingerprint density at radius 3 is 2.79 bits per heavy atom. The van der Waals surface area contributed by atoms with E-state index in [1.807, 2.05) is 0 Å². The highest BCUT2D eigenvalue weighted by Gasteiger charge is 2.43. The van der Waals surface area contributed by atoms with Crippen molar-refractivity contribution in [1.82, 2.24) is 35.1 Å². The first-order valence-corrected chi connectivity index (χ1v) is 11.3. The van der Waals surface area contributed by atoms with Crippen LogP contribution in [0.5, 0.6) is 5.75 Å². The summed E-state index contributed by atoms with van der Waals surface area (Å²) < 4.78 is 30.5. The lowest BCUT2D eigenvalue weighted by atomic mass is 9.84. The molecule has 2 aliphatic rings. The van der Waals surface area contributed by atoms with Gasteiger partial charge in [-0.25, -0.2) is 13.8 Å². The molecule has 180 valence electrons. The van der Waals surface area contributed by atoms with E-state index in [0.29, 0.717) is 11.9 Å². The van der Waals surface area contributed by atoms with Gasteiger partial charge in [0.1, 0.15) is 11.4 Å². The maximum absolute atomic E-state index is 14.6. The highest BCUT2D eigenvalue weighted by Crippen LogP contribution is 2.38. The fraction of sp³-hybridized carbons (Fsp3) is 0.500. The van der Waals surface area contributed by atoms with Crippen molar-refractivity contribution in [1.29, 1.82) is 0 Å². The van der Waals surface area contributed by atoms with Gasteiger partial charge in [0, 0.05) is 23.7 Å². The summed E-state index contributed by atoms with van der Waals surface area (Å²) in [5.41, 5.74) is 0.180.